The first-order chi connectivity index (χ1) is 8.08. The van der Waals surface area contributed by atoms with Gasteiger partial charge in [-0.25, -0.2) is 4.98 Å². The number of nitrogen functional groups attached to an aromatic ring is 1. The van der Waals surface area contributed by atoms with E-state index in [4.69, 9.17) is 5.73 Å². The minimum Gasteiger partial charge on any atom is -0.398 e. The number of para-hydroxylation sites is 1. The van der Waals surface area contributed by atoms with Crippen LogP contribution in [0.4, 0.5) is 10.8 Å². The lowest BCUT2D eigenvalue weighted by molar-refractivity contribution is 0.913. The van der Waals surface area contributed by atoms with E-state index < -0.39 is 0 Å². The standard InChI is InChI=1S/C13H17N3S/c1-9-10(2)17-13(15-9)16(3)8-11-6-4-5-7-12(11)14/h4-7H,8,14H2,1-3H3. The molecular formula is C13H17N3S. The van der Waals surface area contributed by atoms with Crippen molar-refractivity contribution in [1.82, 2.24) is 4.98 Å². The maximum atomic E-state index is 5.94. The zero-order valence-electron chi connectivity index (χ0n) is 10.4. The number of nitrogens with zero attached hydrogens (tertiary/aromatic N) is 2. The average Bonchev–Trinajstić information content (AvgIpc) is 2.63. The van der Waals surface area contributed by atoms with E-state index >= 15 is 0 Å². The number of nitrogens with two attached hydrogens (primary N) is 1. The molecule has 0 aliphatic heterocycles. The second-order valence-electron chi connectivity index (χ2n) is 4.19. The second-order valence-corrected chi connectivity index (χ2v) is 5.37. The van der Waals surface area contributed by atoms with E-state index in [1.54, 1.807) is 11.3 Å². The monoisotopic (exact) mass is 247 g/mol. The van der Waals surface area contributed by atoms with Gasteiger partial charge in [0.25, 0.3) is 0 Å². The second kappa shape index (κ2) is 4.75. The lowest BCUT2D eigenvalue weighted by Gasteiger charge is -2.16. The van der Waals surface area contributed by atoms with E-state index in [-0.39, 0.29) is 0 Å². The minimum atomic E-state index is 0.791. The van der Waals surface area contributed by atoms with Crippen LogP contribution in [0.2, 0.25) is 0 Å². The smallest absolute Gasteiger partial charge is 0.185 e. The maximum Gasteiger partial charge on any atom is 0.185 e. The Bertz CT molecular complexity index is 500. The number of thiazole rings is 1. The first-order valence-electron chi connectivity index (χ1n) is 5.56. The molecule has 0 unspecified atom stereocenters. The highest BCUT2D eigenvalue weighted by atomic mass is 32.1. The molecule has 0 fully saturated rings. The molecule has 0 bridgehead atoms. The van der Waals surface area contributed by atoms with Crippen LogP contribution < -0.4 is 10.6 Å². The molecule has 0 radical (unpaired) electrons. The van der Waals surface area contributed by atoms with Gasteiger partial charge >= 0.3 is 0 Å². The van der Waals surface area contributed by atoms with Crippen LogP contribution in [0.5, 0.6) is 0 Å². The summed E-state index contributed by atoms with van der Waals surface area (Å²) in [6.45, 7) is 4.93. The lowest BCUT2D eigenvalue weighted by Crippen LogP contribution is -2.17. The zero-order chi connectivity index (χ0) is 12.4. The van der Waals surface area contributed by atoms with Gasteiger partial charge in [-0.05, 0) is 25.5 Å². The Hall–Kier alpha value is -1.55. The van der Waals surface area contributed by atoms with Gasteiger partial charge < -0.3 is 10.6 Å². The predicted molar refractivity (Wildman–Crippen MR) is 74.5 cm³/mol. The fourth-order valence-corrected chi connectivity index (χ4v) is 2.49. The molecule has 0 aliphatic carbocycles. The fraction of sp³-hybridized carbons (Fsp3) is 0.308. The molecule has 0 saturated heterocycles. The van der Waals surface area contributed by atoms with Gasteiger partial charge in [-0.1, -0.05) is 18.2 Å². The summed E-state index contributed by atoms with van der Waals surface area (Å²) in [6.07, 6.45) is 0. The van der Waals surface area contributed by atoms with Gasteiger partial charge in [-0.3, -0.25) is 0 Å². The molecule has 0 amide bonds. The molecule has 1 heterocycles. The highest BCUT2D eigenvalue weighted by molar-refractivity contribution is 7.15. The largest absolute Gasteiger partial charge is 0.398 e. The van der Waals surface area contributed by atoms with Crippen molar-refractivity contribution >= 4 is 22.2 Å². The molecule has 0 aliphatic rings. The molecule has 2 aromatic rings. The van der Waals surface area contributed by atoms with Crippen LogP contribution in [0.1, 0.15) is 16.1 Å². The van der Waals surface area contributed by atoms with E-state index in [1.165, 1.54) is 4.88 Å². The van der Waals surface area contributed by atoms with Crippen molar-refractivity contribution in [3.8, 4) is 0 Å². The number of hydrogen-bond donors (Lipinski definition) is 1. The summed E-state index contributed by atoms with van der Waals surface area (Å²) in [5.41, 5.74) is 9.02. The summed E-state index contributed by atoms with van der Waals surface area (Å²) in [5.74, 6) is 0. The summed E-state index contributed by atoms with van der Waals surface area (Å²) < 4.78 is 0. The fourth-order valence-electron chi connectivity index (χ4n) is 1.62. The third-order valence-electron chi connectivity index (χ3n) is 2.81. The Morgan fingerprint density at radius 1 is 1.29 bits per heavy atom. The van der Waals surface area contributed by atoms with Gasteiger partial charge in [0.2, 0.25) is 0 Å². The minimum absolute atomic E-state index is 0.791. The van der Waals surface area contributed by atoms with Crippen LogP contribution in [-0.4, -0.2) is 12.0 Å². The number of anilines is 2. The van der Waals surface area contributed by atoms with Crippen LogP contribution >= 0.6 is 11.3 Å². The van der Waals surface area contributed by atoms with Crippen molar-refractivity contribution in [2.75, 3.05) is 17.7 Å². The van der Waals surface area contributed by atoms with Crippen LogP contribution in [0.15, 0.2) is 24.3 Å². The van der Waals surface area contributed by atoms with Crippen LogP contribution in [0.25, 0.3) is 0 Å². The zero-order valence-corrected chi connectivity index (χ0v) is 11.2. The molecule has 1 aromatic heterocycles. The molecule has 17 heavy (non-hydrogen) atoms. The van der Waals surface area contributed by atoms with Crippen molar-refractivity contribution in [2.45, 2.75) is 20.4 Å². The van der Waals surface area contributed by atoms with Gasteiger partial charge in [0.1, 0.15) is 0 Å². The quantitative estimate of drug-likeness (QED) is 0.848. The van der Waals surface area contributed by atoms with Gasteiger partial charge in [-0.2, -0.15) is 0 Å². The van der Waals surface area contributed by atoms with Crippen LogP contribution in [0, 0.1) is 13.8 Å². The molecule has 2 rings (SSSR count). The Morgan fingerprint density at radius 2 is 2.00 bits per heavy atom. The maximum absolute atomic E-state index is 5.94. The van der Waals surface area contributed by atoms with E-state index in [0.717, 1.165) is 28.6 Å². The number of rotatable bonds is 3. The first kappa shape index (κ1) is 11.9. The van der Waals surface area contributed by atoms with E-state index in [1.807, 2.05) is 32.2 Å². The summed E-state index contributed by atoms with van der Waals surface area (Å²) >= 11 is 1.72. The summed E-state index contributed by atoms with van der Waals surface area (Å²) in [7, 11) is 2.05. The predicted octanol–water partition coefficient (Wildman–Crippen LogP) is 2.98. The highest BCUT2D eigenvalue weighted by Gasteiger charge is 2.09. The van der Waals surface area contributed by atoms with Crippen molar-refractivity contribution in [3.63, 3.8) is 0 Å². The first-order valence-corrected chi connectivity index (χ1v) is 6.38. The number of aryl methyl sites for hydroxylation is 2. The van der Waals surface area contributed by atoms with Crippen molar-refractivity contribution in [1.29, 1.82) is 0 Å². The average molecular weight is 247 g/mol. The number of hydrogen-bond acceptors (Lipinski definition) is 4. The molecule has 0 spiro atoms. The third kappa shape index (κ3) is 2.58. The Kier molecular flexibility index (Phi) is 3.33. The van der Waals surface area contributed by atoms with Crippen LogP contribution in [-0.2, 0) is 6.54 Å². The lowest BCUT2D eigenvalue weighted by atomic mass is 10.2. The Morgan fingerprint density at radius 3 is 2.59 bits per heavy atom. The van der Waals surface area contributed by atoms with Gasteiger partial charge in [0.15, 0.2) is 5.13 Å². The van der Waals surface area contributed by atoms with Crippen molar-refractivity contribution in [2.24, 2.45) is 0 Å². The Labute approximate surface area is 106 Å². The summed E-state index contributed by atoms with van der Waals surface area (Å²) in [5, 5.41) is 1.04. The highest BCUT2D eigenvalue weighted by Crippen LogP contribution is 2.26. The van der Waals surface area contributed by atoms with E-state index in [0.29, 0.717) is 0 Å². The topological polar surface area (TPSA) is 42.2 Å². The van der Waals surface area contributed by atoms with Gasteiger partial charge in [0, 0.05) is 24.2 Å². The van der Waals surface area contributed by atoms with Gasteiger partial charge in [-0.15, -0.1) is 11.3 Å². The summed E-state index contributed by atoms with van der Waals surface area (Å²) in [4.78, 5) is 7.95. The molecule has 90 valence electrons. The van der Waals surface area contributed by atoms with Crippen molar-refractivity contribution < 1.29 is 0 Å². The normalized spacial score (nSPS) is 10.5. The summed E-state index contributed by atoms with van der Waals surface area (Å²) in [6, 6.07) is 7.95. The molecule has 0 atom stereocenters. The SMILES string of the molecule is Cc1nc(N(C)Cc2ccccc2N)sc1C. The Balaban J connectivity index is 2.17. The van der Waals surface area contributed by atoms with E-state index in [2.05, 4.69) is 22.9 Å². The van der Waals surface area contributed by atoms with E-state index in [9.17, 15) is 0 Å². The number of benzene rings is 1. The molecule has 4 heteroatoms. The van der Waals surface area contributed by atoms with Crippen LogP contribution in [0.3, 0.4) is 0 Å². The molecular weight excluding hydrogens is 230 g/mol. The molecule has 1 aromatic carbocycles. The number of aromatic nitrogens is 1. The van der Waals surface area contributed by atoms with Crippen molar-refractivity contribution in [3.05, 3.63) is 40.4 Å². The molecule has 3 nitrogen and oxygen atoms in total. The molecule has 2 N–H and O–H groups in total. The third-order valence-corrected chi connectivity index (χ3v) is 3.99. The van der Waals surface area contributed by atoms with Gasteiger partial charge in [0.05, 0.1) is 5.69 Å². The molecule has 0 saturated carbocycles.